The fraction of sp³-hybridized carbons (Fsp3) is 0.136. The summed E-state index contributed by atoms with van der Waals surface area (Å²) in [6, 6.07) is 14.3. The summed E-state index contributed by atoms with van der Waals surface area (Å²) in [6.45, 7) is 4.23. The molecule has 30 heavy (non-hydrogen) atoms. The highest BCUT2D eigenvalue weighted by Crippen LogP contribution is 2.34. The van der Waals surface area contributed by atoms with Crippen LogP contribution >= 0.6 is 23.6 Å². The molecular weight excluding hydrogens is 418 g/mol. The van der Waals surface area contributed by atoms with Crippen molar-refractivity contribution in [1.82, 2.24) is 10.3 Å². The van der Waals surface area contributed by atoms with Gasteiger partial charge < -0.3 is 14.8 Å². The highest BCUT2D eigenvalue weighted by Gasteiger charge is 2.15. The van der Waals surface area contributed by atoms with Gasteiger partial charge in [-0.15, -0.1) is 11.3 Å². The molecule has 0 atom stereocenters. The van der Waals surface area contributed by atoms with Crippen molar-refractivity contribution in [2.75, 3.05) is 5.32 Å². The van der Waals surface area contributed by atoms with Crippen LogP contribution in [0.25, 0.3) is 22.6 Å². The van der Waals surface area contributed by atoms with E-state index < -0.39 is 0 Å². The first-order valence-electron chi connectivity index (χ1n) is 9.30. The monoisotopic (exact) mass is 437 g/mol. The average molecular weight is 438 g/mol. The zero-order valence-electron chi connectivity index (χ0n) is 16.3. The number of phenolic OH excluding ortho intramolecular Hbond substituents is 1. The van der Waals surface area contributed by atoms with E-state index in [2.05, 4.69) is 29.5 Å². The zero-order chi connectivity index (χ0) is 21.3. The van der Waals surface area contributed by atoms with Gasteiger partial charge in [0, 0.05) is 5.69 Å². The van der Waals surface area contributed by atoms with Gasteiger partial charge in [0.15, 0.2) is 10.7 Å². The molecule has 2 aromatic carbocycles. The third kappa shape index (κ3) is 4.19. The Hall–Kier alpha value is -3.23. The molecule has 0 bridgehead atoms. The number of hydrogen-bond donors (Lipinski definition) is 3. The summed E-state index contributed by atoms with van der Waals surface area (Å²) in [5, 5.41) is 17.9. The number of aromatic nitrogens is 1. The van der Waals surface area contributed by atoms with Gasteiger partial charge in [0.1, 0.15) is 11.3 Å². The maximum atomic E-state index is 12.1. The normalized spacial score (nSPS) is 11.0. The van der Waals surface area contributed by atoms with Crippen molar-refractivity contribution in [1.29, 1.82) is 0 Å². The minimum Gasteiger partial charge on any atom is -0.507 e. The topological polar surface area (TPSA) is 87.4 Å². The SMILES string of the molecule is CC(C)c1ccc2oc(-c3cc(NC(=S)NC(=O)c4cccs4)ccc3O)nc2c1. The van der Waals surface area contributed by atoms with Crippen LogP contribution in [0.4, 0.5) is 5.69 Å². The number of fused-ring (bicyclic) bond motifs is 1. The van der Waals surface area contributed by atoms with Gasteiger partial charge in [0.2, 0.25) is 5.89 Å². The number of aromatic hydroxyl groups is 1. The molecule has 152 valence electrons. The number of benzene rings is 2. The molecule has 0 fully saturated rings. The Balaban J connectivity index is 1.56. The summed E-state index contributed by atoms with van der Waals surface area (Å²) >= 11 is 6.56. The van der Waals surface area contributed by atoms with Crippen LogP contribution < -0.4 is 10.6 Å². The Kier molecular flexibility index (Phi) is 5.52. The Labute approximate surface area is 182 Å². The van der Waals surface area contributed by atoms with Gasteiger partial charge in [-0.05, 0) is 65.5 Å². The van der Waals surface area contributed by atoms with Crippen molar-refractivity contribution >= 4 is 51.4 Å². The summed E-state index contributed by atoms with van der Waals surface area (Å²) in [5.41, 5.74) is 3.55. The molecule has 0 saturated heterocycles. The van der Waals surface area contributed by atoms with Crippen molar-refractivity contribution in [3.8, 4) is 17.2 Å². The van der Waals surface area contributed by atoms with E-state index in [-0.39, 0.29) is 16.8 Å². The first-order chi connectivity index (χ1) is 14.4. The molecule has 8 heteroatoms. The Morgan fingerprint density at radius 3 is 2.77 bits per heavy atom. The molecule has 1 amide bonds. The number of thiophene rings is 1. The van der Waals surface area contributed by atoms with E-state index in [4.69, 9.17) is 16.6 Å². The standard InChI is InChI=1S/C22H19N3O3S2/c1-12(2)13-5-8-18-16(10-13)24-21(28-18)15-11-14(6-7-17(15)26)23-22(29)25-20(27)19-4-3-9-30-19/h3-12,26H,1-2H3,(H2,23,25,27,29). The number of thiocarbonyl (C=S) groups is 1. The largest absolute Gasteiger partial charge is 0.507 e. The van der Waals surface area contributed by atoms with Crippen LogP contribution in [0.1, 0.15) is 35.0 Å². The summed E-state index contributed by atoms with van der Waals surface area (Å²) in [4.78, 5) is 17.2. The van der Waals surface area contributed by atoms with Gasteiger partial charge in [-0.3, -0.25) is 10.1 Å². The Morgan fingerprint density at radius 2 is 2.03 bits per heavy atom. The van der Waals surface area contributed by atoms with E-state index in [0.29, 0.717) is 33.5 Å². The Bertz CT molecular complexity index is 1230. The number of carbonyl (C=O) groups excluding carboxylic acids is 1. The van der Waals surface area contributed by atoms with Crippen LogP contribution in [0, 0.1) is 0 Å². The van der Waals surface area contributed by atoms with Gasteiger partial charge in [0.25, 0.3) is 5.91 Å². The third-order valence-electron chi connectivity index (χ3n) is 4.54. The highest BCUT2D eigenvalue weighted by molar-refractivity contribution is 7.80. The average Bonchev–Trinajstić information content (AvgIpc) is 3.38. The maximum absolute atomic E-state index is 12.1. The van der Waals surface area contributed by atoms with Crippen molar-refractivity contribution < 1.29 is 14.3 Å². The second-order valence-electron chi connectivity index (χ2n) is 7.02. The minimum absolute atomic E-state index is 0.0322. The molecule has 3 N–H and O–H groups in total. The molecule has 0 unspecified atom stereocenters. The number of oxazole rings is 1. The first-order valence-corrected chi connectivity index (χ1v) is 10.6. The summed E-state index contributed by atoms with van der Waals surface area (Å²) in [5.74, 6) is 0.438. The molecule has 0 spiro atoms. The zero-order valence-corrected chi connectivity index (χ0v) is 17.9. The van der Waals surface area contributed by atoms with Gasteiger partial charge >= 0.3 is 0 Å². The molecule has 2 aromatic heterocycles. The van der Waals surface area contributed by atoms with Crippen LogP contribution in [0.3, 0.4) is 0 Å². The molecule has 0 radical (unpaired) electrons. The van der Waals surface area contributed by atoms with Gasteiger partial charge in [-0.1, -0.05) is 26.0 Å². The van der Waals surface area contributed by atoms with Crippen molar-refractivity contribution in [2.24, 2.45) is 0 Å². The molecule has 0 aliphatic rings. The number of phenols is 1. The van der Waals surface area contributed by atoms with E-state index >= 15 is 0 Å². The molecule has 0 aliphatic carbocycles. The molecule has 0 saturated carbocycles. The van der Waals surface area contributed by atoms with Crippen LogP contribution in [-0.4, -0.2) is 21.1 Å². The fourth-order valence-electron chi connectivity index (χ4n) is 2.94. The van der Waals surface area contributed by atoms with Crippen molar-refractivity contribution in [3.05, 3.63) is 64.4 Å². The predicted octanol–water partition coefficient (Wildman–Crippen LogP) is 5.51. The number of anilines is 1. The van der Waals surface area contributed by atoms with Crippen LogP contribution in [0.2, 0.25) is 0 Å². The lowest BCUT2D eigenvalue weighted by Crippen LogP contribution is -2.33. The molecule has 0 aliphatic heterocycles. The third-order valence-corrected chi connectivity index (χ3v) is 5.61. The van der Waals surface area contributed by atoms with Gasteiger partial charge in [-0.2, -0.15) is 0 Å². The minimum atomic E-state index is -0.276. The number of nitrogens with zero attached hydrogens (tertiary/aromatic N) is 1. The first kappa shape index (κ1) is 20.1. The molecule has 4 rings (SSSR count). The number of hydrogen-bond acceptors (Lipinski definition) is 6. The quantitative estimate of drug-likeness (QED) is 0.288. The van der Waals surface area contributed by atoms with E-state index in [1.807, 2.05) is 23.6 Å². The van der Waals surface area contributed by atoms with E-state index in [0.717, 1.165) is 11.1 Å². The summed E-state index contributed by atoms with van der Waals surface area (Å²) in [7, 11) is 0. The number of amides is 1. The van der Waals surface area contributed by atoms with Crippen molar-refractivity contribution in [2.45, 2.75) is 19.8 Å². The fourth-order valence-corrected chi connectivity index (χ4v) is 3.77. The lowest BCUT2D eigenvalue weighted by atomic mass is 10.0. The van der Waals surface area contributed by atoms with Crippen LogP contribution in [-0.2, 0) is 0 Å². The van der Waals surface area contributed by atoms with Gasteiger partial charge in [-0.25, -0.2) is 4.98 Å². The van der Waals surface area contributed by atoms with E-state index in [1.54, 1.807) is 24.3 Å². The van der Waals surface area contributed by atoms with Gasteiger partial charge in [0.05, 0.1) is 10.4 Å². The van der Waals surface area contributed by atoms with Crippen LogP contribution in [0.5, 0.6) is 5.75 Å². The van der Waals surface area contributed by atoms with Crippen molar-refractivity contribution in [3.63, 3.8) is 0 Å². The van der Waals surface area contributed by atoms with Crippen LogP contribution in [0.15, 0.2) is 58.3 Å². The molecular formula is C22H19N3O3S2. The maximum Gasteiger partial charge on any atom is 0.267 e. The summed E-state index contributed by atoms with van der Waals surface area (Å²) < 4.78 is 5.84. The molecule has 6 nitrogen and oxygen atoms in total. The van der Waals surface area contributed by atoms with E-state index in [1.165, 1.54) is 17.4 Å². The Morgan fingerprint density at radius 1 is 1.20 bits per heavy atom. The summed E-state index contributed by atoms with van der Waals surface area (Å²) in [6.07, 6.45) is 0. The van der Waals surface area contributed by atoms with E-state index in [9.17, 15) is 9.90 Å². The molecule has 2 heterocycles. The smallest absolute Gasteiger partial charge is 0.267 e. The second kappa shape index (κ2) is 8.25. The highest BCUT2D eigenvalue weighted by atomic mass is 32.1. The number of carbonyl (C=O) groups is 1. The number of nitrogens with one attached hydrogen (secondary N) is 2. The second-order valence-corrected chi connectivity index (χ2v) is 8.37. The predicted molar refractivity (Wildman–Crippen MR) is 123 cm³/mol. The lowest BCUT2D eigenvalue weighted by molar-refractivity contribution is 0.0981. The lowest BCUT2D eigenvalue weighted by Gasteiger charge is -2.10. The molecule has 4 aromatic rings. The number of rotatable bonds is 4.